The van der Waals surface area contributed by atoms with Crippen molar-refractivity contribution in [2.24, 2.45) is 5.92 Å². The van der Waals surface area contributed by atoms with E-state index in [9.17, 15) is 0 Å². The second kappa shape index (κ2) is 8.61. The van der Waals surface area contributed by atoms with Crippen LogP contribution in [0.25, 0.3) is 0 Å². The molecule has 1 N–H and O–H groups in total. The van der Waals surface area contributed by atoms with Gasteiger partial charge in [0.05, 0.1) is 11.6 Å². The number of aromatic nitrogens is 1. The zero-order valence-corrected chi connectivity index (χ0v) is 12.0. The van der Waals surface area contributed by atoms with Crippen LogP contribution in [0.5, 0.6) is 0 Å². The van der Waals surface area contributed by atoms with Gasteiger partial charge in [0.2, 0.25) is 0 Å². The Labute approximate surface area is 109 Å². The second-order valence-corrected chi connectivity index (χ2v) is 5.75. The molecular formula is C13H24N2OS. The molecule has 0 spiro atoms. The van der Waals surface area contributed by atoms with Gasteiger partial charge in [-0.25, -0.2) is 4.98 Å². The van der Waals surface area contributed by atoms with Crippen LogP contribution in [0.15, 0.2) is 6.20 Å². The Morgan fingerprint density at radius 2 is 2.24 bits per heavy atom. The fourth-order valence-corrected chi connectivity index (χ4v) is 2.20. The van der Waals surface area contributed by atoms with Gasteiger partial charge in [0.25, 0.3) is 0 Å². The van der Waals surface area contributed by atoms with Gasteiger partial charge in [-0.05, 0) is 18.8 Å². The smallest absolute Gasteiger partial charge is 0.0925 e. The molecule has 0 aliphatic heterocycles. The van der Waals surface area contributed by atoms with Crippen LogP contribution in [-0.4, -0.2) is 24.7 Å². The average Bonchev–Trinajstić information content (AvgIpc) is 2.75. The predicted molar refractivity (Wildman–Crippen MR) is 73.5 cm³/mol. The van der Waals surface area contributed by atoms with Crippen molar-refractivity contribution >= 4 is 11.3 Å². The second-order valence-electron chi connectivity index (χ2n) is 4.55. The first-order chi connectivity index (χ1) is 8.22. The molecule has 1 heterocycles. The van der Waals surface area contributed by atoms with Gasteiger partial charge in [-0.2, -0.15) is 0 Å². The third-order valence-corrected chi connectivity index (χ3v) is 3.61. The monoisotopic (exact) mass is 256 g/mol. The van der Waals surface area contributed by atoms with Crippen molar-refractivity contribution in [3.05, 3.63) is 16.1 Å². The number of thiazole rings is 1. The fourth-order valence-electron chi connectivity index (χ4n) is 1.37. The summed E-state index contributed by atoms with van der Waals surface area (Å²) in [6, 6.07) is 0. The number of nitrogens with zero attached hydrogens (tertiary/aromatic N) is 1. The molecule has 1 rings (SSSR count). The van der Waals surface area contributed by atoms with Gasteiger partial charge in [-0.15, -0.1) is 11.3 Å². The lowest BCUT2D eigenvalue weighted by atomic mass is 10.1. The minimum atomic E-state index is 0.729. The van der Waals surface area contributed by atoms with E-state index in [2.05, 4.69) is 31.1 Å². The van der Waals surface area contributed by atoms with Crippen molar-refractivity contribution in [2.75, 3.05) is 19.8 Å². The highest BCUT2D eigenvalue weighted by atomic mass is 32.1. The lowest BCUT2D eigenvalue weighted by molar-refractivity contribution is 0.125. The maximum absolute atomic E-state index is 5.53. The van der Waals surface area contributed by atoms with Crippen molar-refractivity contribution in [3.8, 4) is 0 Å². The molecule has 0 radical (unpaired) electrons. The first-order valence-electron chi connectivity index (χ1n) is 6.44. The van der Waals surface area contributed by atoms with Gasteiger partial charge >= 0.3 is 0 Å². The quantitative estimate of drug-likeness (QED) is 0.690. The van der Waals surface area contributed by atoms with Gasteiger partial charge in [0, 0.05) is 30.8 Å². The fraction of sp³-hybridized carbons (Fsp3) is 0.769. The van der Waals surface area contributed by atoms with E-state index in [1.807, 2.05) is 6.20 Å². The van der Waals surface area contributed by atoms with E-state index in [-0.39, 0.29) is 0 Å². The van der Waals surface area contributed by atoms with E-state index in [0.29, 0.717) is 0 Å². The standard InChI is InChI=1S/C13H24N2OS/c1-4-13-15-10-12(17-13)9-14-6-8-16-7-5-11(2)3/h10-11,14H,4-9H2,1-3H3. The van der Waals surface area contributed by atoms with Gasteiger partial charge in [0.15, 0.2) is 0 Å². The van der Waals surface area contributed by atoms with Crippen molar-refractivity contribution in [3.63, 3.8) is 0 Å². The van der Waals surface area contributed by atoms with Crippen LogP contribution in [-0.2, 0) is 17.7 Å². The van der Waals surface area contributed by atoms with Crippen LogP contribution >= 0.6 is 11.3 Å². The Balaban J connectivity index is 1.97. The van der Waals surface area contributed by atoms with Crippen LogP contribution in [0.2, 0.25) is 0 Å². The highest BCUT2D eigenvalue weighted by Gasteiger charge is 1.99. The minimum Gasteiger partial charge on any atom is -0.380 e. The Kier molecular flexibility index (Phi) is 7.40. The van der Waals surface area contributed by atoms with Crippen molar-refractivity contribution in [2.45, 2.75) is 40.2 Å². The molecule has 0 bridgehead atoms. The number of rotatable bonds is 9. The maximum Gasteiger partial charge on any atom is 0.0925 e. The Hall–Kier alpha value is -0.450. The molecule has 0 atom stereocenters. The Bertz CT molecular complexity index is 299. The first-order valence-corrected chi connectivity index (χ1v) is 7.26. The molecule has 4 heteroatoms. The summed E-state index contributed by atoms with van der Waals surface area (Å²) in [5, 5.41) is 4.59. The molecule has 98 valence electrons. The molecule has 0 aliphatic rings. The normalized spacial score (nSPS) is 11.3. The van der Waals surface area contributed by atoms with Crippen LogP contribution in [0.1, 0.15) is 37.1 Å². The van der Waals surface area contributed by atoms with Crippen molar-refractivity contribution in [1.29, 1.82) is 0 Å². The third kappa shape index (κ3) is 6.76. The SMILES string of the molecule is CCc1ncc(CNCCOCCC(C)C)s1. The van der Waals surface area contributed by atoms with E-state index in [1.165, 1.54) is 9.88 Å². The number of aryl methyl sites for hydroxylation is 1. The summed E-state index contributed by atoms with van der Waals surface area (Å²) in [7, 11) is 0. The van der Waals surface area contributed by atoms with Crippen molar-refractivity contribution in [1.82, 2.24) is 10.3 Å². The van der Waals surface area contributed by atoms with Gasteiger partial charge in [-0.3, -0.25) is 0 Å². The summed E-state index contributed by atoms with van der Waals surface area (Å²) < 4.78 is 5.53. The number of ether oxygens (including phenoxy) is 1. The van der Waals surface area contributed by atoms with E-state index in [0.717, 1.165) is 45.1 Å². The summed E-state index contributed by atoms with van der Waals surface area (Å²) in [5.74, 6) is 0.729. The molecule has 0 saturated carbocycles. The topological polar surface area (TPSA) is 34.2 Å². The van der Waals surface area contributed by atoms with Crippen LogP contribution in [0, 0.1) is 5.92 Å². The molecule has 0 saturated heterocycles. The Morgan fingerprint density at radius 1 is 1.41 bits per heavy atom. The summed E-state index contributed by atoms with van der Waals surface area (Å²) >= 11 is 1.79. The van der Waals surface area contributed by atoms with E-state index in [4.69, 9.17) is 4.74 Å². The van der Waals surface area contributed by atoms with Gasteiger partial charge in [0.1, 0.15) is 0 Å². The van der Waals surface area contributed by atoms with Crippen LogP contribution in [0.4, 0.5) is 0 Å². The largest absolute Gasteiger partial charge is 0.380 e. The van der Waals surface area contributed by atoms with E-state index >= 15 is 0 Å². The first kappa shape index (κ1) is 14.6. The lowest BCUT2D eigenvalue weighted by Crippen LogP contribution is -2.19. The zero-order chi connectivity index (χ0) is 12.5. The zero-order valence-electron chi connectivity index (χ0n) is 11.2. The van der Waals surface area contributed by atoms with Crippen molar-refractivity contribution < 1.29 is 4.74 Å². The summed E-state index contributed by atoms with van der Waals surface area (Å²) in [6.07, 6.45) is 4.15. The highest BCUT2D eigenvalue weighted by Crippen LogP contribution is 2.12. The number of hydrogen-bond donors (Lipinski definition) is 1. The highest BCUT2D eigenvalue weighted by molar-refractivity contribution is 7.11. The van der Waals surface area contributed by atoms with Gasteiger partial charge in [-0.1, -0.05) is 20.8 Å². The molecule has 0 aromatic carbocycles. The van der Waals surface area contributed by atoms with E-state index in [1.54, 1.807) is 11.3 Å². The Morgan fingerprint density at radius 3 is 2.88 bits per heavy atom. The minimum absolute atomic E-state index is 0.729. The molecule has 3 nitrogen and oxygen atoms in total. The lowest BCUT2D eigenvalue weighted by Gasteiger charge is -2.06. The molecule has 0 amide bonds. The number of hydrogen-bond acceptors (Lipinski definition) is 4. The molecule has 17 heavy (non-hydrogen) atoms. The average molecular weight is 256 g/mol. The summed E-state index contributed by atoms with van der Waals surface area (Å²) in [4.78, 5) is 5.64. The number of nitrogens with one attached hydrogen (secondary N) is 1. The molecule has 1 aromatic rings. The molecule has 0 fully saturated rings. The molecule has 1 aromatic heterocycles. The van der Waals surface area contributed by atoms with Crippen LogP contribution in [0.3, 0.4) is 0 Å². The van der Waals surface area contributed by atoms with E-state index < -0.39 is 0 Å². The molecule has 0 aliphatic carbocycles. The summed E-state index contributed by atoms with van der Waals surface area (Å²) in [6.45, 7) is 10.1. The maximum atomic E-state index is 5.53. The van der Waals surface area contributed by atoms with Crippen LogP contribution < -0.4 is 5.32 Å². The van der Waals surface area contributed by atoms with Gasteiger partial charge < -0.3 is 10.1 Å². The molecular weight excluding hydrogens is 232 g/mol. The third-order valence-electron chi connectivity index (χ3n) is 2.47. The molecule has 0 unspecified atom stereocenters. The summed E-state index contributed by atoms with van der Waals surface area (Å²) in [5.41, 5.74) is 0. The predicted octanol–water partition coefficient (Wildman–Crippen LogP) is 2.86.